The van der Waals surface area contributed by atoms with Crippen LogP contribution in [0.5, 0.6) is 0 Å². The summed E-state index contributed by atoms with van der Waals surface area (Å²) in [5.41, 5.74) is 0. The quantitative estimate of drug-likeness (QED) is 0.788. The molecule has 2 fully saturated rings. The van der Waals surface area contributed by atoms with Gasteiger partial charge >= 0.3 is 6.03 Å². The summed E-state index contributed by atoms with van der Waals surface area (Å²) < 4.78 is 22.2. The largest absolute Gasteiger partial charge is 0.336 e. The third-order valence-corrected chi connectivity index (χ3v) is 5.62. The van der Waals surface area contributed by atoms with E-state index < -0.39 is 9.84 Å². The molecule has 2 N–H and O–H groups in total. The van der Waals surface area contributed by atoms with E-state index in [1.165, 1.54) is 31.9 Å². The SMILES string of the molecule is C[C@H](CCS(C)(=O)=O)NC(=O)N[C@H]1CCC[C@@H](C2CC2)C1. The first-order valence-electron chi connectivity index (χ1n) is 8.08. The number of amides is 2. The van der Waals surface area contributed by atoms with Crippen LogP contribution in [0.25, 0.3) is 0 Å². The number of nitrogens with one attached hydrogen (secondary N) is 2. The van der Waals surface area contributed by atoms with Gasteiger partial charge in [0.15, 0.2) is 0 Å². The van der Waals surface area contributed by atoms with Gasteiger partial charge in [-0.1, -0.05) is 12.8 Å². The van der Waals surface area contributed by atoms with Crippen molar-refractivity contribution in [2.45, 2.75) is 64.0 Å². The van der Waals surface area contributed by atoms with Crippen molar-refractivity contribution in [3.8, 4) is 0 Å². The highest BCUT2D eigenvalue weighted by Crippen LogP contribution is 2.43. The van der Waals surface area contributed by atoms with Crippen molar-refractivity contribution in [1.82, 2.24) is 10.6 Å². The Labute approximate surface area is 128 Å². The van der Waals surface area contributed by atoms with E-state index in [1.54, 1.807) is 0 Å². The Balaban J connectivity index is 1.68. The molecule has 122 valence electrons. The van der Waals surface area contributed by atoms with Crippen LogP contribution in [0, 0.1) is 11.8 Å². The minimum Gasteiger partial charge on any atom is -0.336 e. The molecule has 0 saturated heterocycles. The summed E-state index contributed by atoms with van der Waals surface area (Å²) in [4.78, 5) is 12.0. The molecule has 0 unspecified atom stereocenters. The molecule has 0 heterocycles. The van der Waals surface area contributed by atoms with Crippen LogP contribution in [0.15, 0.2) is 0 Å². The number of carbonyl (C=O) groups is 1. The maximum absolute atomic E-state index is 12.0. The monoisotopic (exact) mass is 316 g/mol. The van der Waals surface area contributed by atoms with E-state index in [0.717, 1.165) is 24.7 Å². The molecular formula is C15H28N2O3S. The van der Waals surface area contributed by atoms with Crippen molar-refractivity contribution in [1.29, 1.82) is 0 Å². The van der Waals surface area contributed by atoms with Crippen molar-refractivity contribution in [3.63, 3.8) is 0 Å². The Hall–Kier alpha value is -0.780. The Morgan fingerprint density at radius 3 is 2.52 bits per heavy atom. The second kappa shape index (κ2) is 6.99. The van der Waals surface area contributed by atoms with Crippen molar-refractivity contribution in [2.75, 3.05) is 12.0 Å². The summed E-state index contributed by atoms with van der Waals surface area (Å²) in [6.45, 7) is 1.85. The van der Waals surface area contributed by atoms with Crippen molar-refractivity contribution < 1.29 is 13.2 Å². The number of hydrogen-bond donors (Lipinski definition) is 2. The normalized spacial score (nSPS) is 27.9. The first kappa shape index (κ1) is 16.6. The topological polar surface area (TPSA) is 75.3 Å². The Morgan fingerprint density at radius 2 is 1.90 bits per heavy atom. The van der Waals surface area contributed by atoms with E-state index in [9.17, 15) is 13.2 Å². The summed E-state index contributed by atoms with van der Waals surface area (Å²) >= 11 is 0. The Morgan fingerprint density at radius 1 is 1.19 bits per heavy atom. The fourth-order valence-corrected chi connectivity index (χ4v) is 4.05. The summed E-state index contributed by atoms with van der Waals surface area (Å²) in [5.74, 6) is 1.82. The molecule has 2 amide bonds. The van der Waals surface area contributed by atoms with Crippen LogP contribution in [0.3, 0.4) is 0 Å². The van der Waals surface area contributed by atoms with Crippen molar-refractivity contribution in [2.24, 2.45) is 11.8 Å². The average Bonchev–Trinajstić information content (AvgIpc) is 3.20. The molecule has 6 heteroatoms. The molecule has 2 rings (SSSR count). The molecule has 2 saturated carbocycles. The number of sulfone groups is 1. The van der Waals surface area contributed by atoms with Gasteiger partial charge in [0.1, 0.15) is 9.84 Å². The lowest BCUT2D eigenvalue weighted by Gasteiger charge is -2.30. The van der Waals surface area contributed by atoms with Crippen LogP contribution in [0.2, 0.25) is 0 Å². The van der Waals surface area contributed by atoms with Gasteiger partial charge in [-0.25, -0.2) is 13.2 Å². The van der Waals surface area contributed by atoms with Crippen LogP contribution in [0.1, 0.15) is 51.9 Å². The maximum Gasteiger partial charge on any atom is 0.315 e. The Bertz CT molecular complexity index is 460. The average molecular weight is 316 g/mol. The maximum atomic E-state index is 12.0. The third-order valence-electron chi connectivity index (χ3n) is 4.64. The molecule has 5 nitrogen and oxygen atoms in total. The molecule has 0 bridgehead atoms. The molecule has 21 heavy (non-hydrogen) atoms. The molecule has 0 aliphatic heterocycles. The number of rotatable bonds is 6. The highest BCUT2D eigenvalue weighted by Gasteiger charge is 2.35. The Kier molecular flexibility index (Phi) is 5.52. The lowest BCUT2D eigenvalue weighted by Crippen LogP contribution is -2.47. The summed E-state index contributed by atoms with van der Waals surface area (Å²) in [5, 5.41) is 5.91. The fourth-order valence-electron chi connectivity index (χ4n) is 3.27. The highest BCUT2D eigenvalue weighted by atomic mass is 32.2. The van der Waals surface area contributed by atoms with Gasteiger partial charge in [-0.3, -0.25) is 0 Å². The van der Waals surface area contributed by atoms with E-state index >= 15 is 0 Å². The smallest absolute Gasteiger partial charge is 0.315 e. The van der Waals surface area contributed by atoms with Gasteiger partial charge in [-0.15, -0.1) is 0 Å². The van der Waals surface area contributed by atoms with Gasteiger partial charge in [0, 0.05) is 18.3 Å². The molecule has 0 aromatic carbocycles. The van der Waals surface area contributed by atoms with Gasteiger partial charge in [0.25, 0.3) is 0 Å². The molecule has 3 atom stereocenters. The zero-order valence-corrected chi connectivity index (χ0v) is 13.9. The van der Waals surface area contributed by atoms with Crippen LogP contribution >= 0.6 is 0 Å². The number of urea groups is 1. The van der Waals surface area contributed by atoms with Crippen LogP contribution in [-0.2, 0) is 9.84 Å². The molecule has 2 aliphatic carbocycles. The minimum atomic E-state index is -2.96. The van der Waals surface area contributed by atoms with Crippen molar-refractivity contribution >= 4 is 15.9 Å². The highest BCUT2D eigenvalue weighted by molar-refractivity contribution is 7.90. The summed E-state index contributed by atoms with van der Waals surface area (Å²) in [7, 11) is -2.96. The van der Waals surface area contributed by atoms with Gasteiger partial charge in [0.2, 0.25) is 0 Å². The summed E-state index contributed by atoms with van der Waals surface area (Å²) in [6, 6.07) is 0.00597. The molecule has 0 radical (unpaired) electrons. The second-order valence-electron chi connectivity index (χ2n) is 6.90. The first-order valence-corrected chi connectivity index (χ1v) is 10.1. The molecule has 0 aromatic heterocycles. The summed E-state index contributed by atoms with van der Waals surface area (Å²) in [6.07, 6.45) is 9.11. The van der Waals surface area contributed by atoms with Gasteiger partial charge in [0.05, 0.1) is 5.75 Å². The lowest BCUT2D eigenvalue weighted by molar-refractivity contribution is 0.218. The van der Waals surface area contributed by atoms with Gasteiger partial charge < -0.3 is 10.6 Å². The minimum absolute atomic E-state index is 0.113. The standard InChI is InChI=1S/C15H28N2O3S/c1-11(8-9-21(2,19)20)16-15(18)17-14-5-3-4-13(10-14)12-6-7-12/h11-14H,3-10H2,1-2H3,(H2,16,17,18)/t11-,13-,14+/m1/s1. The first-order chi connectivity index (χ1) is 9.83. The van der Waals surface area contributed by atoms with E-state index in [4.69, 9.17) is 0 Å². The van der Waals surface area contributed by atoms with Crippen LogP contribution in [-0.4, -0.2) is 38.5 Å². The predicted molar refractivity (Wildman–Crippen MR) is 83.9 cm³/mol. The third kappa shape index (κ3) is 6.24. The molecule has 2 aliphatic rings. The molecule has 0 spiro atoms. The molecular weight excluding hydrogens is 288 g/mol. The van der Waals surface area contributed by atoms with E-state index in [2.05, 4.69) is 10.6 Å². The lowest BCUT2D eigenvalue weighted by atomic mass is 9.83. The van der Waals surface area contributed by atoms with Gasteiger partial charge in [-0.2, -0.15) is 0 Å². The van der Waals surface area contributed by atoms with E-state index in [1.807, 2.05) is 6.92 Å². The second-order valence-corrected chi connectivity index (χ2v) is 9.16. The van der Waals surface area contributed by atoms with Crippen molar-refractivity contribution in [3.05, 3.63) is 0 Å². The molecule has 0 aromatic rings. The number of hydrogen-bond acceptors (Lipinski definition) is 3. The fraction of sp³-hybridized carbons (Fsp3) is 0.933. The predicted octanol–water partition coefficient (Wildman–Crippen LogP) is 2.08. The number of carbonyl (C=O) groups excluding carboxylic acids is 1. The van der Waals surface area contributed by atoms with E-state index in [0.29, 0.717) is 6.42 Å². The zero-order chi connectivity index (χ0) is 15.5. The van der Waals surface area contributed by atoms with Crippen LogP contribution in [0.4, 0.5) is 4.79 Å². The van der Waals surface area contributed by atoms with Crippen LogP contribution < -0.4 is 10.6 Å². The van der Waals surface area contributed by atoms with E-state index in [-0.39, 0.29) is 23.9 Å². The van der Waals surface area contributed by atoms with Gasteiger partial charge in [-0.05, 0) is 50.9 Å². The zero-order valence-electron chi connectivity index (χ0n) is 13.1.